The minimum absolute atomic E-state index is 0.0207. The Hall–Kier alpha value is -2.17. The molecule has 1 aliphatic heterocycles. The molecule has 1 aromatic rings. The van der Waals surface area contributed by atoms with Crippen LogP contribution < -0.4 is 4.72 Å². The van der Waals surface area contributed by atoms with E-state index in [0.717, 1.165) is 4.90 Å². The summed E-state index contributed by atoms with van der Waals surface area (Å²) in [5.41, 5.74) is 0.397. The molecule has 1 unspecified atom stereocenters. The van der Waals surface area contributed by atoms with Crippen LogP contribution in [0.2, 0.25) is 0 Å². The predicted molar refractivity (Wildman–Crippen MR) is 95.6 cm³/mol. The molecule has 0 spiro atoms. The van der Waals surface area contributed by atoms with Gasteiger partial charge in [0.2, 0.25) is 10.0 Å². The van der Waals surface area contributed by atoms with Crippen LogP contribution in [0.5, 0.6) is 0 Å². The van der Waals surface area contributed by atoms with Gasteiger partial charge >= 0.3 is 12.1 Å². The Bertz CT molecular complexity index is 830. The summed E-state index contributed by atoms with van der Waals surface area (Å²) >= 11 is 0. The average molecular weight is 400 g/mol. The van der Waals surface area contributed by atoms with Crippen LogP contribution in [0.3, 0.4) is 0 Å². The van der Waals surface area contributed by atoms with Crippen LogP contribution in [0.1, 0.15) is 31.9 Å². The number of sulfonamides is 1. The standard InChI is InChI=1S/C17H24N2O7S/c1-17(2,3)26-16(23)19-10-12-8-13(27(24,25)18-6-7-20)5-4-11(12)9-14(19)15(21)22/h4-5,8,14,18,20H,6-7,9-10H2,1-3H3,(H,21,22). The van der Waals surface area contributed by atoms with Crippen molar-refractivity contribution in [3.8, 4) is 0 Å². The molecule has 1 atom stereocenters. The molecular formula is C17H24N2O7S. The quantitative estimate of drug-likeness (QED) is 0.662. The Balaban J connectivity index is 2.35. The molecule has 0 radical (unpaired) electrons. The van der Waals surface area contributed by atoms with Gasteiger partial charge < -0.3 is 14.9 Å². The largest absolute Gasteiger partial charge is 0.480 e. The van der Waals surface area contributed by atoms with Crippen molar-refractivity contribution in [1.82, 2.24) is 9.62 Å². The van der Waals surface area contributed by atoms with Gasteiger partial charge in [-0.25, -0.2) is 22.7 Å². The van der Waals surface area contributed by atoms with Crippen molar-refractivity contribution in [3.05, 3.63) is 29.3 Å². The number of aliphatic hydroxyl groups excluding tert-OH is 1. The minimum atomic E-state index is -3.81. The lowest BCUT2D eigenvalue weighted by molar-refractivity contribution is -0.143. The second kappa shape index (κ2) is 7.83. The van der Waals surface area contributed by atoms with Crippen LogP contribution >= 0.6 is 0 Å². The Morgan fingerprint density at radius 3 is 2.52 bits per heavy atom. The van der Waals surface area contributed by atoms with Crippen LogP contribution in [-0.2, 0) is 32.5 Å². The molecule has 0 bridgehead atoms. The Kier molecular flexibility index (Phi) is 6.13. The first kappa shape index (κ1) is 21.1. The first-order valence-electron chi connectivity index (χ1n) is 8.39. The third kappa shape index (κ3) is 5.18. The lowest BCUT2D eigenvalue weighted by Crippen LogP contribution is -2.50. The van der Waals surface area contributed by atoms with E-state index in [-0.39, 0.29) is 31.0 Å². The van der Waals surface area contributed by atoms with Crippen molar-refractivity contribution in [2.75, 3.05) is 13.2 Å². The van der Waals surface area contributed by atoms with E-state index in [9.17, 15) is 23.1 Å². The van der Waals surface area contributed by atoms with Gasteiger partial charge in [0.15, 0.2) is 0 Å². The maximum absolute atomic E-state index is 12.4. The number of carboxylic acid groups (broad SMARTS) is 1. The zero-order chi connectivity index (χ0) is 20.4. The molecule has 0 saturated heterocycles. The molecule has 1 aliphatic rings. The van der Waals surface area contributed by atoms with Crippen LogP contribution in [0.25, 0.3) is 0 Å². The normalized spacial score (nSPS) is 17.3. The Morgan fingerprint density at radius 1 is 1.30 bits per heavy atom. The molecule has 0 fully saturated rings. The van der Waals surface area contributed by atoms with Crippen molar-refractivity contribution < 1.29 is 33.0 Å². The van der Waals surface area contributed by atoms with Crippen molar-refractivity contribution in [2.45, 2.75) is 50.3 Å². The Morgan fingerprint density at radius 2 is 1.96 bits per heavy atom. The first-order chi connectivity index (χ1) is 12.4. The number of nitrogens with one attached hydrogen (secondary N) is 1. The lowest BCUT2D eigenvalue weighted by atomic mass is 9.94. The fourth-order valence-electron chi connectivity index (χ4n) is 2.72. The highest BCUT2D eigenvalue weighted by molar-refractivity contribution is 7.89. The maximum Gasteiger partial charge on any atom is 0.411 e. The molecular weight excluding hydrogens is 376 g/mol. The smallest absolute Gasteiger partial charge is 0.411 e. The average Bonchev–Trinajstić information content (AvgIpc) is 2.56. The molecule has 1 amide bonds. The van der Waals surface area contributed by atoms with Gasteiger partial charge in [0, 0.05) is 13.0 Å². The highest BCUT2D eigenvalue weighted by Crippen LogP contribution is 2.27. The number of amides is 1. The van der Waals surface area contributed by atoms with Crippen molar-refractivity contribution in [1.29, 1.82) is 0 Å². The van der Waals surface area contributed by atoms with Gasteiger partial charge in [-0.2, -0.15) is 0 Å². The van der Waals surface area contributed by atoms with Gasteiger partial charge in [0.25, 0.3) is 0 Å². The summed E-state index contributed by atoms with van der Waals surface area (Å²) in [6, 6.07) is 3.23. The lowest BCUT2D eigenvalue weighted by Gasteiger charge is -2.35. The fraction of sp³-hybridized carbons (Fsp3) is 0.529. The third-order valence-corrected chi connectivity index (χ3v) is 5.39. The second-order valence-corrected chi connectivity index (χ2v) is 8.99. The molecule has 9 nitrogen and oxygen atoms in total. The van der Waals surface area contributed by atoms with E-state index in [1.165, 1.54) is 12.1 Å². The number of ether oxygens (including phenoxy) is 1. The molecule has 27 heavy (non-hydrogen) atoms. The van der Waals surface area contributed by atoms with Gasteiger partial charge in [0.05, 0.1) is 18.0 Å². The minimum Gasteiger partial charge on any atom is -0.480 e. The SMILES string of the molecule is CC(C)(C)OC(=O)N1Cc2cc(S(=O)(=O)NCCO)ccc2CC1C(=O)O. The monoisotopic (exact) mass is 400 g/mol. The van der Waals surface area contributed by atoms with Gasteiger partial charge in [-0.15, -0.1) is 0 Å². The summed E-state index contributed by atoms with van der Waals surface area (Å²) in [6.07, 6.45) is -0.721. The van der Waals surface area contributed by atoms with Crippen LogP contribution in [0, 0.1) is 0 Å². The topological polar surface area (TPSA) is 133 Å². The number of hydrogen-bond donors (Lipinski definition) is 3. The van der Waals surface area contributed by atoms with E-state index in [1.807, 2.05) is 0 Å². The molecule has 2 rings (SSSR count). The number of benzene rings is 1. The zero-order valence-electron chi connectivity index (χ0n) is 15.4. The van der Waals surface area contributed by atoms with Crippen LogP contribution in [0.4, 0.5) is 4.79 Å². The van der Waals surface area contributed by atoms with E-state index in [1.54, 1.807) is 26.8 Å². The van der Waals surface area contributed by atoms with Gasteiger partial charge in [-0.1, -0.05) is 6.07 Å². The van der Waals surface area contributed by atoms with E-state index >= 15 is 0 Å². The number of carbonyl (C=O) groups is 2. The number of hydrogen-bond acceptors (Lipinski definition) is 6. The van der Waals surface area contributed by atoms with E-state index in [2.05, 4.69) is 4.72 Å². The summed E-state index contributed by atoms with van der Waals surface area (Å²) in [5, 5.41) is 18.3. The number of aliphatic carboxylic acids is 1. The number of carboxylic acids is 1. The van der Waals surface area contributed by atoms with E-state index in [0.29, 0.717) is 11.1 Å². The molecule has 10 heteroatoms. The molecule has 0 saturated carbocycles. The molecule has 1 heterocycles. The van der Waals surface area contributed by atoms with Crippen molar-refractivity contribution in [2.24, 2.45) is 0 Å². The van der Waals surface area contributed by atoms with Crippen molar-refractivity contribution in [3.63, 3.8) is 0 Å². The summed E-state index contributed by atoms with van der Waals surface area (Å²) in [7, 11) is -3.81. The predicted octanol–water partition coefficient (Wildman–Crippen LogP) is 0.704. The number of carbonyl (C=O) groups excluding carboxylic acids is 1. The summed E-state index contributed by atoms with van der Waals surface area (Å²) in [5.74, 6) is -1.16. The molecule has 0 aromatic heterocycles. The molecule has 150 valence electrons. The maximum atomic E-state index is 12.4. The molecule has 1 aromatic carbocycles. The highest BCUT2D eigenvalue weighted by Gasteiger charge is 2.37. The van der Waals surface area contributed by atoms with Crippen molar-refractivity contribution >= 4 is 22.1 Å². The van der Waals surface area contributed by atoms with Crippen LogP contribution in [-0.4, -0.2) is 60.4 Å². The summed E-state index contributed by atoms with van der Waals surface area (Å²) < 4.78 is 32.0. The number of fused-ring (bicyclic) bond motifs is 1. The second-order valence-electron chi connectivity index (χ2n) is 7.22. The number of aliphatic hydroxyl groups is 1. The van der Waals surface area contributed by atoms with Crippen LogP contribution in [0.15, 0.2) is 23.1 Å². The summed E-state index contributed by atoms with van der Waals surface area (Å²) in [6.45, 7) is 4.49. The first-order valence-corrected chi connectivity index (χ1v) is 9.87. The highest BCUT2D eigenvalue weighted by atomic mass is 32.2. The number of nitrogens with zero attached hydrogens (tertiary/aromatic N) is 1. The van der Waals surface area contributed by atoms with E-state index < -0.39 is 33.7 Å². The van der Waals surface area contributed by atoms with Gasteiger partial charge in [-0.3, -0.25) is 4.90 Å². The third-order valence-electron chi connectivity index (χ3n) is 3.94. The molecule has 0 aliphatic carbocycles. The van der Waals surface area contributed by atoms with Gasteiger partial charge in [-0.05, 0) is 44.0 Å². The zero-order valence-corrected chi connectivity index (χ0v) is 16.2. The fourth-order valence-corrected chi connectivity index (χ4v) is 3.80. The molecule has 3 N–H and O–H groups in total. The van der Waals surface area contributed by atoms with Gasteiger partial charge in [0.1, 0.15) is 11.6 Å². The summed E-state index contributed by atoms with van der Waals surface area (Å²) in [4.78, 5) is 25.1. The number of rotatable bonds is 5. The Labute approximate surface area is 158 Å². The van der Waals surface area contributed by atoms with E-state index in [4.69, 9.17) is 9.84 Å².